The number of hydrogen-bond donors (Lipinski definition) is 1. The fourth-order valence-corrected chi connectivity index (χ4v) is 3.10. The van der Waals surface area contributed by atoms with Gasteiger partial charge in [0.05, 0.1) is 5.60 Å². The highest BCUT2D eigenvalue weighted by atomic mass is 19.1. The lowest BCUT2D eigenvalue weighted by Crippen LogP contribution is -2.48. The van der Waals surface area contributed by atoms with Gasteiger partial charge in [-0.05, 0) is 54.8 Å². The van der Waals surface area contributed by atoms with Gasteiger partial charge in [-0.3, -0.25) is 4.79 Å². The molecule has 1 amide bonds. The van der Waals surface area contributed by atoms with E-state index in [0.717, 1.165) is 5.56 Å². The van der Waals surface area contributed by atoms with Crippen molar-refractivity contribution < 1.29 is 23.4 Å². The Morgan fingerprint density at radius 1 is 1.00 bits per heavy atom. The molecule has 0 radical (unpaired) electrons. The van der Waals surface area contributed by atoms with Crippen molar-refractivity contribution in [1.82, 2.24) is 4.90 Å². The molecule has 2 aromatic rings. The molecule has 0 aromatic heterocycles. The summed E-state index contributed by atoms with van der Waals surface area (Å²) in [4.78, 5) is 13.9. The molecular weight excluding hydrogens is 340 g/mol. The molecule has 1 heterocycles. The van der Waals surface area contributed by atoms with Gasteiger partial charge in [0.15, 0.2) is 6.61 Å². The number of carbonyl (C=O) groups is 1. The summed E-state index contributed by atoms with van der Waals surface area (Å²) in [6.45, 7) is 0.745. The highest BCUT2D eigenvalue weighted by Gasteiger charge is 2.34. The van der Waals surface area contributed by atoms with Crippen LogP contribution in [0, 0.1) is 11.6 Å². The molecule has 3 rings (SSSR count). The number of aliphatic hydroxyl groups is 1. The molecular formula is C20H21F2NO3. The van der Waals surface area contributed by atoms with E-state index in [1.807, 2.05) is 0 Å². The maximum Gasteiger partial charge on any atom is 0.260 e. The molecule has 26 heavy (non-hydrogen) atoms. The molecule has 1 aliphatic rings. The molecule has 0 unspecified atom stereocenters. The predicted molar refractivity (Wildman–Crippen MR) is 92.8 cm³/mol. The number of amides is 1. The van der Waals surface area contributed by atoms with Crippen LogP contribution in [0.15, 0.2) is 48.5 Å². The second-order valence-corrected chi connectivity index (χ2v) is 6.65. The monoisotopic (exact) mass is 361 g/mol. The quantitative estimate of drug-likeness (QED) is 0.891. The third kappa shape index (κ3) is 4.79. The minimum Gasteiger partial charge on any atom is -0.484 e. The summed E-state index contributed by atoms with van der Waals surface area (Å²) in [5, 5.41) is 10.7. The van der Waals surface area contributed by atoms with Gasteiger partial charge in [-0.15, -0.1) is 0 Å². The minimum absolute atomic E-state index is 0.123. The zero-order chi connectivity index (χ0) is 18.6. The van der Waals surface area contributed by atoms with Crippen LogP contribution in [-0.4, -0.2) is 41.2 Å². The molecule has 4 nitrogen and oxygen atoms in total. The third-order valence-electron chi connectivity index (χ3n) is 4.67. The van der Waals surface area contributed by atoms with Gasteiger partial charge >= 0.3 is 0 Å². The lowest BCUT2D eigenvalue weighted by molar-refractivity contribution is -0.137. The van der Waals surface area contributed by atoms with Crippen LogP contribution in [0.1, 0.15) is 18.4 Å². The number of hydrogen-bond acceptors (Lipinski definition) is 3. The number of ether oxygens (including phenoxy) is 1. The maximum atomic E-state index is 13.0. The summed E-state index contributed by atoms with van der Waals surface area (Å²) in [5.74, 6) is -0.398. The van der Waals surface area contributed by atoms with E-state index in [1.54, 1.807) is 17.0 Å². The Hall–Kier alpha value is -2.47. The van der Waals surface area contributed by atoms with Crippen LogP contribution in [0.4, 0.5) is 8.78 Å². The number of rotatable bonds is 5. The zero-order valence-electron chi connectivity index (χ0n) is 14.3. The average molecular weight is 361 g/mol. The Labute approximate surface area is 151 Å². The van der Waals surface area contributed by atoms with Crippen molar-refractivity contribution in [2.75, 3.05) is 19.7 Å². The van der Waals surface area contributed by atoms with Crippen molar-refractivity contribution in [2.45, 2.75) is 24.9 Å². The van der Waals surface area contributed by atoms with E-state index in [1.165, 1.54) is 36.4 Å². The van der Waals surface area contributed by atoms with Crippen LogP contribution in [-0.2, 0) is 11.2 Å². The van der Waals surface area contributed by atoms with Crippen molar-refractivity contribution in [3.63, 3.8) is 0 Å². The lowest BCUT2D eigenvalue weighted by Gasteiger charge is -2.38. The summed E-state index contributed by atoms with van der Waals surface area (Å²) in [7, 11) is 0. The lowest BCUT2D eigenvalue weighted by atomic mass is 9.85. The van der Waals surface area contributed by atoms with Crippen molar-refractivity contribution in [2.24, 2.45) is 0 Å². The summed E-state index contributed by atoms with van der Waals surface area (Å²) in [5.41, 5.74) is -0.0276. The van der Waals surface area contributed by atoms with Crippen LogP contribution in [0.25, 0.3) is 0 Å². The fraction of sp³-hybridized carbons (Fsp3) is 0.350. The van der Waals surface area contributed by atoms with Gasteiger partial charge in [0.25, 0.3) is 5.91 Å². The van der Waals surface area contributed by atoms with E-state index in [9.17, 15) is 18.7 Å². The van der Waals surface area contributed by atoms with E-state index < -0.39 is 5.60 Å². The molecule has 1 aliphatic heterocycles. The van der Waals surface area contributed by atoms with Crippen molar-refractivity contribution >= 4 is 5.91 Å². The summed E-state index contributed by atoms with van der Waals surface area (Å²) in [6, 6.07) is 11.6. The molecule has 0 spiro atoms. The first-order valence-corrected chi connectivity index (χ1v) is 8.57. The molecule has 2 aromatic carbocycles. The zero-order valence-corrected chi connectivity index (χ0v) is 14.3. The summed E-state index contributed by atoms with van der Waals surface area (Å²) >= 11 is 0. The number of halogens is 2. The van der Waals surface area contributed by atoms with Gasteiger partial charge in [-0.25, -0.2) is 8.78 Å². The number of benzene rings is 2. The van der Waals surface area contributed by atoms with E-state index in [2.05, 4.69) is 0 Å². The topological polar surface area (TPSA) is 49.8 Å². The Morgan fingerprint density at radius 2 is 1.54 bits per heavy atom. The second-order valence-electron chi connectivity index (χ2n) is 6.65. The van der Waals surface area contributed by atoms with Crippen LogP contribution in [0.5, 0.6) is 5.75 Å². The van der Waals surface area contributed by atoms with Gasteiger partial charge < -0.3 is 14.7 Å². The fourth-order valence-electron chi connectivity index (χ4n) is 3.10. The van der Waals surface area contributed by atoms with Gasteiger partial charge in [0, 0.05) is 19.5 Å². The van der Waals surface area contributed by atoms with Crippen molar-refractivity contribution in [1.29, 1.82) is 0 Å². The first kappa shape index (κ1) is 18.3. The van der Waals surface area contributed by atoms with E-state index in [-0.39, 0.29) is 24.1 Å². The van der Waals surface area contributed by atoms with Gasteiger partial charge in [0.2, 0.25) is 0 Å². The van der Waals surface area contributed by atoms with E-state index >= 15 is 0 Å². The van der Waals surface area contributed by atoms with Crippen molar-refractivity contribution in [3.05, 3.63) is 65.7 Å². The smallest absolute Gasteiger partial charge is 0.260 e. The highest BCUT2D eigenvalue weighted by Crippen LogP contribution is 2.26. The first-order chi connectivity index (χ1) is 12.4. The molecule has 1 N–H and O–H groups in total. The molecule has 6 heteroatoms. The van der Waals surface area contributed by atoms with Crippen LogP contribution >= 0.6 is 0 Å². The Morgan fingerprint density at radius 3 is 2.12 bits per heavy atom. The normalized spacial score (nSPS) is 16.3. The predicted octanol–water partition coefficient (Wildman–Crippen LogP) is 2.94. The number of nitrogens with zero attached hydrogens (tertiary/aromatic N) is 1. The highest BCUT2D eigenvalue weighted by molar-refractivity contribution is 5.77. The van der Waals surface area contributed by atoms with E-state index in [4.69, 9.17) is 4.74 Å². The molecule has 0 bridgehead atoms. The Bertz CT molecular complexity index is 739. The standard InChI is InChI=1S/C20H21F2NO3/c21-16-3-1-15(2-4-16)13-20(25)9-11-23(12-10-20)19(24)14-26-18-7-5-17(22)6-8-18/h1-8,25H,9-14H2. The molecule has 0 atom stereocenters. The molecule has 0 saturated carbocycles. The average Bonchev–Trinajstić information content (AvgIpc) is 2.63. The molecule has 1 saturated heterocycles. The molecule has 0 aliphatic carbocycles. The third-order valence-corrected chi connectivity index (χ3v) is 4.67. The van der Waals surface area contributed by atoms with Gasteiger partial charge in [-0.2, -0.15) is 0 Å². The van der Waals surface area contributed by atoms with Crippen molar-refractivity contribution in [3.8, 4) is 5.75 Å². The SMILES string of the molecule is O=C(COc1ccc(F)cc1)N1CCC(O)(Cc2ccc(F)cc2)CC1. The summed E-state index contributed by atoms with van der Waals surface area (Å²) < 4.78 is 31.2. The van der Waals surface area contributed by atoms with Gasteiger partial charge in [-0.1, -0.05) is 12.1 Å². The van der Waals surface area contributed by atoms with Gasteiger partial charge in [0.1, 0.15) is 17.4 Å². The maximum absolute atomic E-state index is 13.0. The Balaban J connectivity index is 1.48. The first-order valence-electron chi connectivity index (χ1n) is 8.57. The summed E-state index contributed by atoms with van der Waals surface area (Å²) in [6.07, 6.45) is 1.33. The van der Waals surface area contributed by atoms with E-state index in [0.29, 0.717) is 38.1 Å². The van der Waals surface area contributed by atoms with Crippen LogP contribution in [0.3, 0.4) is 0 Å². The second kappa shape index (κ2) is 7.83. The molecule has 138 valence electrons. The number of carbonyl (C=O) groups excluding carboxylic acids is 1. The largest absolute Gasteiger partial charge is 0.484 e. The Kier molecular flexibility index (Phi) is 5.52. The van der Waals surface area contributed by atoms with Crippen LogP contribution < -0.4 is 4.74 Å². The number of likely N-dealkylation sites (tertiary alicyclic amines) is 1. The van der Waals surface area contributed by atoms with Crippen LogP contribution in [0.2, 0.25) is 0 Å². The number of piperidine rings is 1. The minimum atomic E-state index is -0.896. The molecule has 1 fully saturated rings.